The molecule has 0 saturated carbocycles. The number of ether oxygens (including phenoxy) is 1. The third-order valence-corrected chi connectivity index (χ3v) is 2.40. The number of aryl methyl sites for hydroxylation is 1. The molecule has 0 amide bonds. The Hall–Kier alpha value is -0.900. The van der Waals surface area contributed by atoms with Crippen molar-refractivity contribution in [2.45, 2.75) is 26.7 Å². The summed E-state index contributed by atoms with van der Waals surface area (Å²) in [5, 5.41) is 3.05. The smallest absolute Gasteiger partial charge is 0.305 e. The highest BCUT2D eigenvalue weighted by molar-refractivity contribution is 7.09. The summed E-state index contributed by atoms with van der Waals surface area (Å²) in [4.78, 5) is 15.0. The van der Waals surface area contributed by atoms with E-state index < -0.39 is 0 Å². The largest absolute Gasteiger partial charge is 0.465 e. The molecule has 0 spiro atoms. The van der Waals surface area contributed by atoms with Gasteiger partial charge in [0.25, 0.3) is 0 Å². The fourth-order valence-electron chi connectivity index (χ4n) is 0.895. The van der Waals surface area contributed by atoms with Gasteiger partial charge >= 0.3 is 5.97 Å². The van der Waals surface area contributed by atoms with Crippen LogP contribution in [0.15, 0.2) is 5.38 Å². The lowest BCUT2D eigenvalue weighted by Gasteiger charge is -2.00. The van der Waals surface area contributed by atoms with Gasteiger partial charge in [0.05, 0.1) is 17.3 Å². The molecule has 3 nitrogen and oxygen atoms in total. The molecule has 1 aromatic heterocycles. The number of esters is 1. The molecule has 0 bridgehead atoms. The third kappa shape index (κ3) is 3.55. The highest BCUT2D eigenvalue weighted by Crippen LogP contribution is 2.08. The molecule has 4 heteroatoms. The van der Waals surface area contributed by atoms with Crippen molar-refractivity contribution in [1.29, 1.82) is 0 Å². The summed E-state index contributed by atoms with van der Waals surface area (Å²) < 4.78 is 4.93. The average molecular weight is 199 g/mol. The average Bonchev–Trinajstić information content (AvgIpc) is 2.51. The summed E-state index contributed by atoms with van der Waals surface area (Å²) in [6.07, 6.45) is 1.16. The van der Waals surface area contributed by atoms with Gasteiger partial charge in [-0.2, -0.15) is 0 Å². The Morgan fingerprint density at radius 1 is 1.69 bits per heavy atom. The third-order valence-electron chi connectivity index (χ3n) is 1.58. The zero-order valence-electron chi connectivity index (χ0n) is 7.87. The zero-order chi connectivity index (χ0) is 9.68. The van der Waals surface area contributed by atoms with Crippen molar-refractivity contribution in [2.24, 2.45) is 0 Å². The molecular weight excluding hydrogens is 186 g/mol. The molecule has 0 fully saturated rings. The van der Waals surface area contributed by atoms with Gasteiger partial charge in [-0.05, 0) is 6.92 Å². The van der Waals surface area contributed by atoms with Gasteiger partial charge in [-0.25, -0.2) is 4.98 Å². The molecule has 0 aliphatic carbocycles. The van der Waals surface area contributed by atoms with E-state index in [1.807, 2.05) is 12.3 Å². The van der Waals surface area contributed by atoms with E-state index >= 15 is 0 Å². The van der Waals surface area contributed by atoms with Crippen LogP contribution in [0.2, 0.25) is 0 Å². The van der Waals surface area contributed by atoms with Crippen LogP contribution in [0.25, 0.3) is 0 Å². The van der Waals surface area contributed by atoms with Crippen LogP contribution in [0.4, 0.5) is 0 Å². The maximum atomic E-state index is 10.8. The van der Waals surface area contributed by atoms with Crippen LogP contribution in [-0.4, -0.2) is 17.6 Å². The normalized spacial score (nSPS) is 10.0. The molecule has 1 aromatic rings. The minimum absolute atomic E-state index is 0.146. The van der Waals surface area contributed by atoms with Crippen LogP contribution in [0.1, 0.15) is 24.0 Å². The standard InChI is InChI=1S/C9H13NO2S/c1-3-9(11)12-5-4-8-6-13-7(2)10-8/h6H,3-5H2,1-2H3. The van der Waals surface area contributed by atoms with E-state index in [1.54, 1.807) is 18.3 Å². The highest BCUT2D eigenvalue weighted by Gasteiger charge is 2.01. The molecule has 0 aromatic carbocycles. The second-order valence-electron chi connectivity index (χ2n) is 2.68. The zero-order valence-corrected chi connectivity index (χ0v) is 8.69. The van der Waals surface area contributed by atoms with Gasteiger partial charge in [-0.3, -0.25) is 4.79 Å². The molecule has 72 valence electrons. The van der Waals surface area contributed by atoms with Crippen LogP contribution in [0.5, 0.6) is 0 Å². The summed E-state index contributed by atoms with van der Waals surface area (Å²) in [6.45, 7) is 4.19. The molecule has 0 aliphatic heterocycles. The number of rotatable bonds is 4. The number of carbonyl (C=O) groups excluding carboxylic acids is 1. The van der Waals surface area contributed by atoms with E-state index in [0.717, 1.165) is 17.1 Å². The fourth-order valence-corrected chi connectivity index (χ4v) is 1.54. The Bertz CT molecular complexity index is 283. The molecule has 0 saturated heterocycles. The number of carbonyl (C=O) groups is 1. The highest BCUT2D eigenvalue weighted by atomic mass is 32.1. The predicted molar refractivity (Wildman–Crippen MR) is 51.8 cm³/mol. The molecule has 0 N–H and O–H groups in total. The lowest BCUT2D eigenvalue weighted by atomic mass is 10.3. The molecule has 13 heavy (non-hydrogen) atoms. The van der Waals surface area contributed by atoms with Gasteiger partial charge in [-0.15, -0.1) is 11.3 Å². The van der Waals surface area contributed by atoms with Crippen molar-refractivity contribution in [2.75, 3.05) is 6.61 Å². The minimum Gasteiger partial charge on any atom is -0.465 e. The van der Waals surface area contributed by atoms with Crippen molar-refractivity contribution in [1.82, 2.24) is 4.98 Å². The Labute approximate surface area is 81.8 Å². The first-order chi connectivity index (χ1) is 6.22. The summed E-state index contributed by atoms with van der Waals surface area (Å²) in [5.74, 6) is -0.146. The fraction of sp³-hybridized carbons (Fsp3) is 0.556. The first-order valence-corrected chi connectivity index (χ1v) is 5.17. The van der Waals surface area contributed by atoms with Gasteiger partial charge in [0, 0.05) is 18.2 Å². The first-order valence-electron chi connectivity index (χ1n) is 4.29. The second-order valence-corrected chi connectivity index (χ2v) is 3.74. The van der Waals surface area contributed by atoms with Crippen molar-refractivity contribution in [3.05, 3.63) is 16.1 Å². The van der Waals surface area contributed by atoms with Gasteiger partial charge in [0.1, 0.15) is 0 Å². The number of aromatic nitrogens is 1. The number of nitrogens with zero attached hydrogens (tertiary/aromatic N) is 1. The van der Waals surface area contributed by atoms with Crippen molar-refractivity contribution < 1.29 is 9.53 Å². The topological polar surface area (TPSA) is 39.2 Å². The van der Waals surface area contributed by atoms with E-state index in [4.69, 9.17) is 4.74 Å². The molecule has 0 atom stereocenters. The number of thiazole rings is 1. The summed E-state index contributed by atoms with van der Waals surface area (Å²) >= 11 is 1.62. The van der Waals surface area contributed by atoms with Gasteiger partial charge in [0.15, 0.2) is 0 Å². The quantitative estimate of drug-likeness (QED) is 0.696. The van der Waals surface area contributed by atoms with E-state index in [2.05, 4.69) is 4.98 Å². The van der Waals surface area contributed by atoms with E-state index in [-0.39, 0.29) is 5.97 Å². The predicted octanol–water partition coefficient (Wildman–Crippen LogP) is 1.95. The lowest BCUT2D eigenvalue weighted by molar-refractivity contribution is -0.143. The van der Waals surface area contributed by atoms with Gasteiger partial charge in [-0.1, -0.05) is 6.92 Å². The number of hydrogen-bond acceptors (Lipinski definition) is 4. The molecule has 0 unspecified atom stereocenters. The minimum atomic E-state index is -0.146. The summed E-state index contributed by atoms with van der Waals surface area (Å²) in [7, 11) is 0. The van der Waals surface area contributed by atoms with Crippen LogP contribution in [0.3, 0.4) is 0 Å². The van der Waals surface area contributed by atoms with E-state index in [1.165, 1.54) is 0 Å². The van der Waals surface area contributed by atoms with E-state index in [9.17, 15) is 4.79 Å². The maximum Gasteiger partial charge on any atom is 0.305 e. The van der Waals surface area contributed by atoms with Crippen LogP contribution < -0.4 is 0 Å². The molecule has 1 rings (SSSR count). The second kappa shape index (κ2) is 4.97. The molecule has 0 radical (unpaired) electrons. The Morgan fingerprint density at radius 3 is 3.00 bits per heavy atom. The van der Waals surface area contributed by atoms with Crippen LogP contribution in [0, 0.1) is 6.92 Å². The SMILES string of the molecule is CCC(=O)OCCc1csc(C)n1. The van der Waals surface area contributed by atoms with Gasteiger partial charge < -0.3 is 4.74 Å². The first kappa shape index (κ1) is 10.2. The molecular formula is C9H13NO2S. The van der Waals surface area contributed by atoms with Crippen LogP contribution >= 0.6 is 11.3 Å². The Kier molecular flexibility index (Phi) is 3.89. The Balaban J connectivity index is 2.24. The van der Waals surface area contributed by atoms with E-state index in [0.29, 0.717) is 13.0 Å². The summed E-state index contributed by atoms with van der Waals surface area (Å²) in [6, 6.07) is 0. The monoisotopic (exact) mass is 199 g/mol. The summed E-state index contributed by atoms with van der Waals surface area (Å²) in [5.41, 5.74) is 1.01. The number of hydrogen-bond donors (Lipinski definition) is 0. The van der Waals surface area contributed by atoms with Crippen LogP contribution in [-0.2, 0) is 16.0 Å². The lowest BCUT2D eigenvalue weighted by Crippen LogP contribution is -2.06. The maximum absolute atomic E-state index is 10.8. The van der Waals surface area contributed by atoms with Crippen molar-refractivity contribution in [3.8, 4) is 0 Å². The van der Waals surface area contributed by atoms with Crippen molar-refractivity contribution in [3.63, 3.8) is 0 Å². The molecule has 0 aliphatic rings. The van der Waals surface area contributed by atoms with Crippen molar-refractivity contribution >= 4 is 17.3 Å². The van der Waals surface area contributed by atoms with Gasteiger partial charge in [0.2, 0.25) is 0 Å². The Morgan fingerprint density at radius 2 is 2.46 bits per heavy atom. The molecule has 1 heterocycles.